The number of rotatable bonds is 6. The zero-order valence-electron chi connectivity index (χ0n) is 20.3. The number of allylic oxidation sites excluding steroid dienone is 4. The smallest absolute Gasteiger partial charge is 0.00290 e. The standard InChI is InChI=1S/C27H48P2/c1-26(2,3)28(27(4,5)6)21-20-22-14-13-19-25(22)29(23-15-9-7-10-16-23)24-17-11-8-12-18-24/h13-14,19,22-24H,7-12,15-18,20-21H2,1-6H3. The lowest BCUT2D eigenvalue weighted by molar-refractivity contribution is 0.484. The largest absolute Gasteiger partial charge is 0.0956 e. The van der Waals surface area contributed by atoms with Gasteiger partial charge in [0.2, 0.25) is 0 Å². The fourth-order valence-electron chi connectivity index (χ4n) is 6.42. The van der Waals surface area contributed by atoms with Crippen LogP contribution in [0.15, 0.2) is 23.5 Å². The minimum absolute atomic E-state index is 0.0199. The third-order valence-electron chi connectivity index (χ3n) is 7.51. The molecule has 3 aliphatic carbocycles. The van der Waals surface area contributed by atoms with Gasteiger partial charge in [-0.05, 0) is 65.2 Å². The van der Waals surface area contributed by atoms with Crippen molar-refractivity contribution in [3.05, 3.63) is 23.5 Å². The Balaban J connectivity index is 1.74. The molecule has 29 heavy (non-hydrogen) atoms. The van der Waals surface area contributed by atoms with Gasteiger partial charge in [0.1, 0.15) is 0 Å². The van der Waals surface area contributed by atoms with E-state index in [9.17, 15) is 0 Å². The van der Waals surface area contributed by atoms with Gasteiger partial charge in [0.15, 0.2) is 0 Å². The molecule has 0 N–H and O–H groups in total. The van der Waals surface area contributed by atoms with Gasteiger partial charge < -0.3 is 0 Å². The lowest BCUT2D eigenvalue weighted by Gasteiger charge is -2.43. The van der Waals surface area contributed by atoms with Crippen LogP contribution in [0.25, 0.3) is 0 Å². The summed E-state index contributed by atoms with van der Waals surface area (Å²) in [5.74, 6) is 0.764. The highest BCUT2D eigenvalue weighted by atomic mass is 31.1. The van der Waals surface area contributed by atoms with Crippen molar-refractivity contribution in [2.24, 2.45) is 5.92 Å². The maximum atomic E-state index is 2.61. The molecule has 0 aromatic rings. The van der Waals surface area contributed by atoms with Crippen LogP contribution in [0.5, 0.6) is 0 Å². The molecular formula is C27H48P2. The highest BCUT2D eigenvalue weighted by Crippen LogP contribution is 2.65. The third kappa shape index (κ3) is 6.42. The molecule has 2 saturated carbocycles. The monoisotopic (exact) mass is 434 g/mol. The van der Waals surface area contributed by atoms with Crippen LogP contribution in [-0.4, -0.2) is 27.8 Å². The topological polar surface area (TPSA) is 0 Å². The molecule has 0 spiro atoms. The summed E-state index contributed by atoms with van der Waals surface area (Å²) in [6.45, 7) is 14.9. The first-order valence-electron chi connectivity index (χ1n) is 12.6. The van der Waals surface area contributed by atoms with Crippen LogP contribution in [0, 0.1) is 5.92 Å². The lowest BCUT2D eigenvalue weighted by Crippen LogP contribution is -2.27. The van der Waals surface area contributed by atoms with Crippen LogP contribution >= 0.6 is 15.8 Å². The number of hydrogen-bond acceptors (Lipinski definition) is 0. The second-order valence-electron chi connectivity index (χ2n) is 11.9. The van der Waals surface area contributed by atoms with E-state index in [1.165, 1.54) is 76.8 Å². The summed E-state index contributed by atoms with van der Waals surface area (Å²) in [5.41, 5.74) is 2.09. The van der Waals surface area contributed by atoms with E-state index < -0.39 is 0 Å². The van der Waals surface area contributed by atoms with Gasteiger partial charge in [0.05, 0.1) is 0 Å². The Bertz CT molecular complexity index is 530. The fourth-order valence-corrected chi connectivity index (χ4v) is 14.4. The van der Waals surface area contributed by atoms with Crippen LogP contribution in [0.4, 0.5) is 0 Å². The fraction of sp³-hybridized carbons (Fsp3) is 0.852. The first kappa shape index (κ1) is 24.0. The Hall–Kier alpha value is 0.340. The van der Waals surface area contributed by atoms with Crippen molar-refractivity contribution in [2.45, 2.75) is 134 Å². The third-order valence-corrected chi connectivity index (χ3v) is 15.1. The highest BCUT2D eigenvalue weighted by molar-refractivity contribution is 7.63. The predicted octanol–water partition coefficient (Wildman–Crippen LogP) is 9.67. The van der Waals surface area contributed by atoms with Crippen molar-refractivity contribution in [3.8, 4) is 0 Å². The molecule has 3 aliphatic rings. The molecule has 0 bridgehead atoms. The maximum Gasteiger partial charge on any atom is 0.00290 e. The van der Waals surface area contributed by atoms with E-state index >= 15 is 0 Å². The molecule has 0 radical (unpaired) electrons. The van der Waals surface area contributed by atoms with Crippen LogP contribution in [-0.2, 0) is 0 Å². The van der Waals surface area contributed by atoms with Crippen LogP contribution in [0.3, 0.4) is 0 Å². The van der Waals surface area contributed by atoms with E-state index in [0.717, 1.165) is 17.2 Å². The van der Waals surface area contributed by atoms with Crippen molar-refractivity contribution in [2.75, 3.05) is 6.16 Å². The van der Waals surface area contributed by atoms with Crippen molar-refractivity contribution < 1.29 is 0 Å². The molecule has 0 aromatic heterocycles. The van der Waals surface area contributed by atoms with Crippen LogP contribution in [0.2, 0.25) is 0 Å². The molecule has 1 atom stereocenters. The van der Waals surface area contributed by atoms with E-state index in [0.29, 0.717) is 10.3 Å². The summed E-state index contributed by atoms with van der Waals surface area (Å²) in [7, 11) is 0.101. The molecule has 0 heterocycles. The minimum atomic E-state index is 0.0199. The zero-order valence-corrected chi connectivity index (χ0v) is 22.1. The second-order valence-corrected chi connectivity index (χ2v) is 18.6. The second kappa shape index (κ2) is 10.3. The van der Waals surface area contributed by atoms with Gasteiger partial charge in [-0.3, -0.25) is 0 Å². The molecule has 2 heteroatoms. The Labute approximate surface area is 185 Å². The minimum Gasteiger partial charge on any atom is -0.0956 e. The Morgan fingerprint density at radius 1 is 0.759 bits per heavy atom. The Morgan fingerprint density at radius 3 is 1.69 bits per heavy atom. The lowest BCUT2D eigenvalue weighted by atomic mass is 9.99. The summed E-state index contributed by atoms with van der Waals surface area (Å²) >= 11 is 0. The van der Waals surface area contributed by atoms with Gasteiger partial charge in [-0.15, -0.1) is 0 Å². The average Bonchev–Trinajstić information content (AvgIpc) is 3.10. The van der Waals surface area contributed by atoms with Gasteiger partial charge in [-0.1, -0.05) is 114 Å². The van der Waals surface area contributed by atoms with Gasteiger partial charge in [-0.2, -0.15) is 0 Å². The van der Waals surface area contributed by atoms with Gasteiger partial charge >= 0.3 is 0 Å². The van der Waals surface area contributed by atoms with Crippen LogP contribution in [0.1, 0.15) is 112 Å². The van der Waals surface area contributed by atoms with Gasteiger partial charge in [-0.25, -0.2) is 0 Å². The summed E-state index contributed by atoms with van der Waals surface area (Å²) in [5, 5.41) is 2.84. The summed E-state index contributed by atoms with van der Waals surface area (Å²) in [6, 6.07) is 0. The van der Waals surface area contributed by atoms with Crippen molar-refractivity contribution in [3.63, 3.8) is 0 Å². The molecule has 0 aromatic carbocycles. The molecule has 2 fully saturated rings. The summed E-state index contributed by atoms with van der Waals surface area (Å²) < 4.78 is 0. The molecule has 1 unspecified atom stereocenters. The van der Waals surface area contributed by atoms with Gasteiger partial charge in [0.25, 0.3) is 0 Å². The Kier molecular flexibility index (Phi) is 8.53. The molecule has 0 nitrogen and oxygen atoms in total. The maximum absolute atomic E-state index is 2.61. The highest BCUT2D eigenvalue weighted by Gasteiger charge is 2.38. The van der Waals surface area contributed by atoms with Crippen molar-refractivity contribution in [1.82, 2.24) is 0 Å². The normalized spacial score (nSPS) is 25.2. The first-order valence-corrected chi connectivity index (χ1v) is 15.6. The summed E-state index contributed by atoms with van der Waals surface area (Å²) in [6.07, 6.45) is 25.6. The zero-order chi connectivity index (χ0) is 21.1. The molecule has 0 amide bonds. The SMILES string of the molecule is CC(C)(C)P(CCC1C=CC=C1P(C1CCCCC1)C1CCCCC1)C(C)(C)C. The predicted molar refractivity (Wildman–Crippen MR) is 137 cm³/mol. The number of hydrogen-bond donors (Lipinski definition) is 0. The Morgan fingerprint density at radius 2 is 1.24 bits per heavy atom. The van der Waals surface area contributed by atoms with E-state index in [1.807, 2.05) is 5.31 Å². The molecule has 0 aliphatic heterocycles. The molecule has 3 rings (SSSR count). The van der Waals surface area contributed by atoms with Gasteiger partial charge in [0, 0.05) is 5.92 Å². The molecule has 0 saturated heterocycles. The van der Waals surface area contributed by atoms with E-state index in [-0.39, 0.29) is 15.8 Å². The summed E-state index contributed by atoms with van der Waals surface area (Å²) in [4.78, 5) is 0. The van der Waals surface area contributed by atoms with E-state index in [2.05, 4.69) is 59.8 Å². The van der Waals surface area contributed by atoms with Crippen LogP contribution < -0.4 is 0 Å². The van der Waals surface area contributed by atoms with E-state index in [1.54, 1.807) is 0 Å². The van der Waals surface area contributed by atoms with E-state index in [4.69, 9.17) is 0 Å². The molecule has 166 valence electrons. The first-order chi connectivity index (χ1) is 13.7. The van der Waals surface area contributed by atoms with Crippen molar-refractivity contribution in [1.29, 1.82) is 0 Å². The van der Waals surface area contributed by atoms with Crippen molar-refractivity contribution >= 4 is 15.8 Å². The quantitative estimate of drug-likeness (QED) is 0.365. The molecular weight excluding hydrogens is 386 g/mol. The average molecular weight is 435 g/mol.